The van der Waals surface area contributed by atoms with Crippen molar-refractivity contribution in [3.8, 4) is 0 Å². The number of carbonyl (C=O) groups is 2. The SMILES string of the molecule is C=C(/N=c1/c(/C(=C/CC)CCC)cccn1C)Nc1ccc(C(=O)N2CCN(CCc3ccccc3)C(C(=O)NC)C2)cc1. The highest BCUT2D eigenvalue weighted by Gasteiger charge is 2.33. The molecule has 4 rings (SSSR count). The second-order valence-electron chi connectivity index (χ2n) is 11.2. The second kappa shape index (κ2) is 15.9. The molecule has 1 atom stereocenters. The monoisotopic (exact) mass is 594 g/mol. The minimum Gasteiger partial charge on any atom is -0.358 e. The van der Waals surface area contributed by atoms with Crippen molar-refractivity contribution >= 4 is 23.1 Å². The van der Waals surface area contributed by atoms with E-state index in [9.17, 15) is 9.59 Å². The summed E-state index contributed by atoms with van der Waals surface area (Å²) in [6.45, 7) is 10.8. The first-order valence-electron chi connectivity index (χ1n) is 15.6. The van der Waals surface area contributed by atoms with Crippen LogP contribution in [0.1, 0.15) is 54.6 Å². The van der Waals surface area contributed by atoms with E-state index in [-0.39, 0.29) is 17.9 Å². The number of benzene rings is 2. The number of amides is 2. The van der Waals surface area contributed by atoms with E-state index in [2.05, 4.69) is 60.2 Å². The Morgan fingerprint density at radius 3 is 2.45 bits per heavy atom. The summed E-state index contributed by atoms with van der Waals surface area (Å²) >= 11 is 0. The molecule has 1 aliphatic rings. The molecular formula is C36H46N6O2. The maximum absolute atomic E-state index is 13.5. The molecule has 1 aliphatic heterocycles. The Kier molecular flexibility index (Phi) is 11.7. The van der Waals surface area contributed by atoms with Crippen molar-refractivity contribution in [2.24, 2.45) is 12.0 Å². The zero-order valence-corrected chi connectivity index (χ0v) is 26.6. The Hall–Kier alpha value is -4.43. The summed E-state index contributed by atoms with van der Waals surface area (Å²) in [5, 5.41) is 6.06. The van der Waals surface area contributed by atoms with Crippen LogP contribution in [0.2, 0.25) is 0 Å². The minimum atomic E-state index is -0.387. The number of nitrogens with one attached hydrogen (secondary N) is 2. The third-order valence-corrected chi connectivity index (χ3v) is 7.98. The first-order valence-corrected chi connectivity index (χ1v) is 15.6. The van der Waals surface area contributed by atoms with Crippen molar-refractivity contribution in [1.29, 1.82) is 0 Å². The van der Waals surface area contributed by atoms with Gasteiger partial charge in [0.05, 0.1) is 0 Å². The Morgan fingerprint density at radius 1 is 1.02 bits per heavy atom. The lowest BCUT2D eigenvalue weighted by molar-refractivity contribution is -0.127. The molecule has 0 saturated carbocycles. The van der Waals surface area contributed by atoms with Crippen molar-refractivity contribution in [3.63, 3.8) is 0 Å². The highest BCUT2D eigenvalue weighted by atomic mass is 16.2. The van der Waals surface area contributed by atoms with E-state index in [1.165, 1.54) is 11.1 Å². The molecule has 1 fully saturated rings. The van der Waals surface area contributed by atoms with Gasteiger partial charge in [0, 0.05) is 63.3 Å². The molecule has 3 aromatic rings. The molecule has 2 heterocycles. The fraction of sp³-hybridized carbons (Fsp3) is 0.361. The normalized spacial score (nSPS) is 16.1. The van der Waals surface area contributed by atoms with E-state index in [0.717, 1.165) is 49.0 Å². The fourth-order valence-electron chi connectivity index (χ4n) is 5.66. The number of piperazine rings is 1. The molecule has 2 aromatic carbocycles. The quantitative estimate of drug-likeness (QED) is 0.301. The molecular weight excluding hydrogens is 548 g/mol. The van der Waals surface area contributed by atoms with Crippen molar-refractivity contribution in [2.45, 2.75) is 45.6 Å². The lowest BCUT2D eigenvalue weighted by atomic mass is 10.0. The van der Waals surface area contributed by atoms with Crippen molar-refractivity contribution in [2.75, 3.05) is 38.5 Å². The highest BCUT2D eigenvalue weighted by molar-refractivity contribution is 5.95. The van der Waals surface area contributed by atoms with E-state index < -0.39 is 0 Å². The number of aryl methyl sites for hydroxylation is 1. The summed E-state index contributed by atoms with van der Waals surface area (Å²) in [4.78, 5) is 35.1. The summed E-state index contributed by atoms with van der Waals surface area (Å²) in [5.41, 5.74) is 5.85. The summed E-state index contributed by atoms with van der Waals surface area (Å²) in [7, 11) is 3.64. The molecule has 1 aromatic heterocycles. The van der Waals surface area contributed by atoms with Crippen LogP contribution in [0.15, 0.2) is 96.4 Å². The van der Waals surface area contributed by atoms with Gasteiger partial charge in [-0.3, -0.25) is 14.5 Å². The molecule has 0 bridgehead atoms. The second-order valence-corrected chi connectivity index (χ2v) is 11.2. The van der Waals surface area contributed by atoms with Gasteiger partial charge in [0.2, 0.25) is 5.91 Å². The molecule has 232 valence electrons. The minimum absolute atomic E-state index is 0.0701. The van der Waals surface area contributed by atoms with Crippen LogP contribution in [0, 0.1) is 0 Å². The average molecular weight is 595 g/mol. The number of pyridine rings is 1. The zero-order valence-electron chi connectivity index (χ0n) is 26.6. The maximum Gasteiger partial charge on any atom is 0.253 e. The third-order valence-electron chi connectivity index (χ3n) is 7.98. The van der Waals surface area contributed by atoms with Crippen LogP contribution >= 0.6 is 0 Å². The van der Waals surface area contributed by atoms with Gasteiger partial charge < -0.3 is 20.1 Å². The van der Waals surface area contributed by atoms with Crippen molar-refractivity contribution in [3.05, 3.63) is 114 Å². The Balaban J connectivity index is 1.43. The molecule has 0 spiro atoms. The number of allylic oxidation sites excluding steroid dienone is 2. The molecule has 1 saturated heterocycles. The van der Waals surface area contributed by atoms with Crippen LogP contribution in [-0.2, 0) is 18.3 Å². The number of nitrogens with zero attached hydrogens (tertiary/aromatic N) is 4. The molecule has 1 unspecified atom stereocenters. The van der Waals surface area contributed by atoms with E-state index >= 15 is 0 Å². The van der Waals surface area contributed by atoms with E-state index in [0.29, 0.717) is 31.0 Å². The lowest BCUT2D eigenvalue weighted by Gasteiger charge is -2.40. The summed E-state index contributed by atoms with van der Waals surface area (Å²) in [6.07, 6.45) is 8.13. The highest BCUT2D eigenvalue weighted by Crippen LogP contribution is 2.19. The van der Waals surface area contributed by atoms with Gasteiger partial charge in [-0.2, -0.15) is 0 Å². The first kappa shape index (κ1) is 32.5. The molecule has 0 aliphatic carbocycles. The standard InChI is InChI=1S/C36H46N6O2/c1-6-12-29(13-7-2)32-16-11-22-40(5)34(32)39-27(3)38-31-19-17-30(18-20-31)36(44)42-25-24-41(33(26-42)35(43)37-4)23-21-28-14-9-8-10-15-28/h8-12,14-20,22,33,38H,3,6-7,13,21,23-26H2,1-2,4-5H3,(H,37,43)/b29-12+,39-34-. The van der Waals surface area contributed by atoms with Crippen LogP contribution in [0.3, 0.4) is 0 Å². The van der Waals surface area contributed by atoms with Gasteiger partial charge >= 0.3 is 0 Å². The smallest absolute Gasteiger partial charge is 0.253 e. The van der Waals surface area contributed by atoms with E-state index in [1.54, 1.807) is 11.9 Å². The molecule has 2 amide bonds. The van der Waals surface area contributed by atoms with Crippen LogP contribution in [0.25, 0.3) is 5.57 Å². The van der Waals surface area contributed by atoms with Crippen LogP contribution in [0.4, 0.5) is 5.69 Å². The topological polar surface area (TPSA) is 82.0 Å². The fourth-order valence-corrected chi connectivity index (χ4v) is 5.66. The van der Waals surface area contributed by atoms with Gasteiger partial charge in [0.1, 0.15) is 17.4 Å². The van der Waals surface area contributed by atoms with Crippen molar-refractivity contribution < 1.29 is 9.59 Å². The Morgan fingerprint density at radius 2 is 1.77 bits per heavy atom. The van der Waals surface area contributed by atoms with Gasteiger partial charge in [-0.25, -0.2) is 4.99 Å². The van der Waals surface area contributed by atoms with Gasteiger partial charge in [-0.15, -0.1) is 0 Å². The predicted molar refractivity (Wildman–Crippen MR) is 179 cm³/mol. The molecule has 0 radical (unpaired) electrons. The Labute approximate surface area is 261 Å². The van der Waals surface area contributed by atoms with Crippen molar-refractivity contribution in [1.82, 2.24) is 19.7 Å². The number of hydrogen-bond donors (Lipinski definition) is 2. The summed E-state index contributed by atoms with van der Waals surface area (Å²) < 4.78 is 2.01. The van der Waals surface area contributed by atoms with Gasteiger partial charge in [0.15, 0.2) is 0 Å². The van der Waals surface area contributed by atoms with Gasteiger partial charge in [0.25, 0.3) is 5.91 Å². The molecule has 44 heavy (non-hydrogen) atoms. The lowest BCUT2D eigenvalue weighted by Crippen LogP contribution is -2.60. The van der Waals surface area contributed by atoms with Gasteiger partial charge in [-0.05, 0) is 66.8 Å². The third kappa shape index (κ3) is 8.35. The first-order chi connectivity index (χ1) is 21.3. The largest absolute Gasteiger partial charge is 0.358 e. The Bertz CT molecular complexity index is 1520. The van der Waals surface area contributed by atoms with E-state index in [4.69, 9.17) is 4.99 Å². The van der Waals surface area contributed by atoms with Crippen LogP contribution < -0.4 is 16.1 Å². The van der Waals surface area contributed by atoms with Crippen LogP contribution in [0.5, 0.6) is 0 Å². The number of aromatic nitrogens is 1. The van der Waals surface area contributed by atoms with E-state index in [1.807, 2.05) is 66.3 Å². The molecule has 2 N–H and O–H groups in total. The summed E-state index contributed by atoms with van der Waals surface area (Å²) in [6, 6.07) is 21.4. The van der Waals surface area contributed by atoms with Gasteiger partial charge in [-0.1, -0.05) is 63.3 Å². The zero-order chi connectivity index (χ0) is 31.5. The summed E-state index contributed by atoms with van der Waals surface area (Å²) in [5.74, 6) is 0.364. The maximum atomic E-state index is 13.5. The number of anilines is 1. The average Bonchev–Trinajstić information content (AvgIpc) is 3.04. The predicted octanol–water partition coefficient (Wildman–Crippen LogP) is 5.22. The molecule has 8 nitrogen and oxygen atoms in total. The number of rotatable bonds is 12. The number of likely N-dealkylation sites (N-methyl/N-ethyl adjacent to an activating group) is 1. The number of hydrogen-bond acceptors (Lipinski definition) is 5. The van der Waals surface area contributed by atoms with Crippen LogP contribution in [-0.4, -0.2) is 65.4 Å². The number of carbonyl (C=O) groups excluding carboxylic acids is 2. The molecule has 8 heteroatoms.